The number of aryl methyl sites for hydroxylation is 10. The fourth-order valence-corrected chi connectivity index (χ4v) is 12.1. The molecule has 0 bridgehead atoms. The van der Waals surface area contributed by atoms with Crippen LogP contribution in [0.15, 0.2) is 267 Å². The van der Waals surface area contributed by atoms with Crippen LogP contribution in [0, 0.1) is 69.2 Å². The van der Waals surface area contributed by atoms with Gasteiger partial charge in [-0.15, -0.1) is 0 Å². The Morgan fingerprint density at radius 1 is 0.151 bits per heavy atom. The molecule has 422 valence electrons. The summed E-state index contributed by atoms with van der Waals surface area (Å²) in [5.41, 5.74) is 33.0. The monoisotopic (exact) mass is 1110 g/mol. The first-order chi connectivity index (χ1) is 41.7. The topological polar surface area (TPSA) is 13.0 Å². The van der Waals surface area contributed by atoms with Crippen molar-refractivity contribution < 1.29 is 0 Å². The van der Waals surface area contributed by atoms with Crippen LogP contribution in [-0.2, 0) is 0 Å². The quantitative estimate of drug-likeness (QED) is 0.101. The first kappa shape index (κ1) is 56.3. The normalized spacial score (nSPS) is 11.1. The average molecular weight is 1120 g/mol. The lowest BCUT2D eigenvalue weighted by Gasteiger charge is -2.28. The van der Waals surface area contributed by atoms with Gasteiger partial charge in [0.25, 0.3) is 0 Å². The van der Waals surface area contributed by atoms with Gasteiger partial charge in [0.2, 0.25) is 0 Å². The van der Waals surface area contributed by atoms with Crippen molar-refractivity contribution >= 4 is 68.2 Å². The molecule has 0 N–H and O–H groups in total. The number of anilines is 12. The number of hydrogen-bond donors (Lipinski definition) is 0. The SMILES string of the molecule is Cc1ccc(N(c2ccc(-c3ccc(N(c4ccc(-c5ccc(N(c6ccc(-c7ccc(N(c8ccc(C)cc8)c8ccc(C)cc8C)cc7)cc6)c6ccc(C)cc6C)cc5)cc4)c4ccc(C)cc4C)cc3)cc2)c2ccc(C)cc2C)cc1. The first-order valence-electron chi connectivity index (χ1n) is 30.0. The third-order valence-corrected chi connectivity index (χ3v) is 16.7. The minimum Gasteiger partial charge on any atom is -0.310 e. The standard InChI is InChI=1S/C82H74N4/c1-55-11-31-71(32-12-55)83(79-47-15-57(3)51-61(79)7)73-35-19-65(20-36-73)67-23-39-75(40-24-67)85(81-49-17-59(5)53-63(81)9)77-43-27-69(28-44-77)70-29-45-78(46-30-70)86(82-50-18-60(6)54-64(82)10)76-41-25-68(26-42-76)66-21-37-74(38-22-66)84(72-33-13-56(2)14-34-72)80-48-16-58(4)52-62(80)8/h11-54H,1-10H3. The number of rotatable bonds is 15. The van der Waals surface area contributed by atoms with Crippen LogP contribution in [0.1, 0.15) is 55.6 Å². The third-order valence-electron chi connectivity index (χ3n) is 16.7. The summed E-state index contributed by atoms with van der Waals surface area (Å²) < 4.78 is 0. The molecule has 12 aromatic rings. The van der Waals surface area contributed by atoms with Gasteiger partial charge in [-0.25, -0.2) is 0 Å². The third kappa shape index (κ3) is 11.8. The van der Waals surface area contributed by atoms with Crippen molar-refractivity contribution in [3.05, 3.63) is 323 Å². The van der Waals surface area contributed by atoms with Gasteiger partial charge in [-0.2, -0.15) is 0 Å². The summed E-state index contributed by atoms with van der Waals surface area (Å²) in [6.45, 7) is 21.7. The average Bonchev–Trinajstić information content (AvgIpc) is 2.20. The van der Waals surface area contributed by atoms with E-state index in [1.165, 1.54) is 78.1 Å². The van der Waals surface area contributed by atoms with E-state index >= 15 is 0 Å². The van der Waals surface area contributed by atoms with Crippen molar-refractivity contribution in [1.29, 1.82) is 0 Å². The zero-order chi connectivity index (χ0) is 59.6. The molecule has 0 aromatic heterocycles. The maximum atomic E-state index is 2.38. The van der Waals surface area contributed by atoms with Crippen LogP contribution in [0.4, 0.5) is 68.2 Å². The summed E-state index contributed by atoms with van der Waals surface area (Å²) in [6.07, 6.45) is 0. The van der Waals surface area contributed by atoms with Gasteiger partial charge in [0.05, 0.1) is 0 Å². The Morgan fingerprint density at radius 2 is 0.291 bits per heavy atom. The summed E-state index contributed by atoms with van der Waals surface area (Å²) in [6, 6.07) is 98.5. The van der Waals surface area contributed by atoms with E-state index in [1.807, 2.05) is 0 Å². The molecule has 0 fully saturated rings. The lowest BCUT2D eigenvalue weighted by Crippen LogP contribution is -2.12. The molecule has 4 nitrogen and oxygen atoms in total. The van der Waals surface area contributed by atoms with Crippen LogP contribution in [0.3, 0.4) is 0 Å². The molecule has 0 aliphatic rings. The largest absolute Gasteiger partial charge is 0.310 e. The van der Waals surface area contributed by atoms with E-state index in [9.17, 15) is 0 Å². The summed E-state index contributed by atoms with van der Waals surface area (Å²) in [7, 11) is 0. The smallest absolute Gasteiger partial charge is 0.0490 e. The lowest BCUT2D eigenvalue weighted by molar-refractivity contribution is 1.23. The highest BCUT2D eigenvalue weighted by Crippen LogP contribution is 2.44. The first-order valence-corrected chi connectivity index (χ1v) is 30.0. The highest BCUT2D eigenvalue weighted by atomic mass is 15.2. The second-order valence-corrected chi connectivity index (χ2v) is 23.5. The van der Waals surface area contributed by atoms with Gasteiger partial charge < -0.3 is 19.6 Å². The van der Waals surface area contributed by atoms with E-state index in [1.54, 1.807) is 0 Å². The fraction of sp³-hybridized carbons (Fsp3) is 0.122. The molecule has 0 aliphatic heterocycles. The second kappa shape index (κ2) is 24.2. The minimum atomic E-state index is 1.10. The highest BCUT2D eigenvalue weighted by molar-refractivity contribution is 5.86. The Bertz CT molecular complexity index is 4050. The van der Waals surface area contributed by atoms with E-state index in [4.69, 9.17) is 0 Å². The van der Waals surface area contributed by atoms with Gasteiger partial charge in [-0.3, -0.25) is 0 Å². The molecule has 0 spiro atoms. The molecule has 12 aromatic carbocycles. The maximum Gasteiger partial charge on any atom is 0.0490 e. The molecule has 0 saturated carbocycles. The lowest BCUT2D eigenvalue weighted by atomic mass is 10.0. The summed E-state index contributed by atoms with van der Waals surface area (Å²) in [4.78, 5) is 9.49. The number of hydrogen-bond acceptors (Lipinski definition) is 4. The van der Waals surface area contributed by atoms with Crippen molar-refractivity contribution in [3.8, 4) is 33.4 Å². The Balaban J connectivity index is 0.803. The molecule has 0 amide bonds. The van der Waals surface area contributed by atoms with E-state index in [0.29, 0.717) is 0 Å². The van der Waals surface area contributed by atoms with Crippen LogP contribution in [0.25, 0.3) is 33.4 Å². The highest BCUT2D eigenvalue weighted by Gasteiger charge is 2.21. The van der Waals surface area contributed by atoms with Gasteiger partial charge >= 0.3 is 0 Å². The predicted molar refractivity (Wildman–Crippen MR) is 369 cm³/mol. The van der Waals surface area contributed by atoms with Crippen molar-refractivity contribution in [2.45, 2.75) is 69.2 Å². The molecular weight excluding hydrogens is 1040 g/mol. The molecule has 0 aliphatic carbocycles. The van der Waals surface area contributed by atoms with Gasteiger partial charge in [0.15, 0.2) is 0 Å². The van der Waals surface area contributed by atoms with Gasteiger partial charge in [0, 0.05) is 68.2 Å². The van der Waals surface area contributed by atoms with Crippen LogP contribution in [-0.4, -0.2) is 0 Å². The van der Waals surface area contributed by atoms with Crippen LogP contribution in [0.5, 0.6) is 0 Å². The second-order valence-electron chi connectivity index (χ2n) is 23.5. The molecule has 0 saturated heterocycles. The summed E-state index contributed by atoms with van der Waals surface area (Å²) in [5.74, 6) is 0. The fourth-order valence-electron chi connectivity index (χ4n) is 12.1. The predicted octanol–water partition coefficient (Wildman–Crippen LogP) is 23.7. The van der Waals surface area contributed by atoms with Crippen molar-refractivity contribution in [2.24, 2.45) is 0 Å². The van der Waals surface area contributed by atoms with Crippen molar-refractivity contribution in [2.75, 3.05) is 19.6 Å². The molecular formula is C82H74N4. The molecule has 4 heteroatoms. The van der Waals surface area contributed by atoms with Crippen molar-refractivity contribution in [1.82, 2.24) is 0 Å². The van der Waals surface area contributed by atoms with Gasteiger partial charge in [0.1, 0.15) is 0 Å². The van der Waals surface area contributed by atoms with E-state index in [-0.39, 0.29) is 0 Å². The Hall–Kier alpha value is -10.2. The number of nitrogens with zero attached hydrogens (tertiary/aromatic N) is 4. The summed E-state index contributed by atoms with van der Waals surface area (Å²) in [5, 5.41) is 0. The zero-order valence-electron chi connectivity index (χ0n) is 51.2. The maximum absolute atomic E-state index is 2.38. The van der Waals surface area contributed by atoms with Gasteiger partial charge in [-0.1, -0.05) is 179 Å². The van der Waals surface area contributed by atoms with E-state index in [2.05, 4.69) is 356 Å². The van der Waals surface area contributed by atoms with Gasteiger partial charge in [-0.05, 0) is 246 Å². The summed E-state index contributed by atoms with van der Waals surface area (Å²) >= 11 is 0. The van der Waals surface area contributed by atoms with E-state index < -0.39 is 0 Å². The molecule has 0 heterocycles. The van der Waals surface area contributed by atoms with Crippen LogP contribution >= 0.6 is 0 Å². The number of benzene rings is 12. The Morgan fingerprint density at radius 3 is 0.442 bits per heavy atom. The van der Waals surface area contributed by atoms with Crippen LogP contribution < -0.4 is 19.6 Å². The Labute approximate surface area is 510 Å². The van der Waals surface area contributed by atoms with E-state index in [0.717, 1.165) is 79.1 Å². The molecule has 0 unspecified atom stereocenters. The zero-order valence-corrected chi connectivity index (χ0v) is 51.2. The van der Waals surface area contributed by atoms with Crippen LogP contribution in [0.2, 0.25) is 0 Å². The molecule has 0 atom stereocenters. The van der Waals surface area contributed by atoms with Crippen molar-refractivity contribution in [3.63, 3.8) is 0 Å². The Kier molecular flexibility index (Phi) is 15.9. The molecule has 86 heavy (non-hydrogen) atoms. The minimum absolute atomic E-state index is 1.10. The molecule has 12 rings (SSSR count). The molecule has 0 radical (unpaired) electrons.